The number of benzene rings is 2. The summed E-state index contributed by atoms with van der Waals surface area (Å²) in [4.78, 5) is 24.1. The lowest BCUT2D eigenvalue weighted by Crippen LogP contribution is -2.11. The van der Waals surface area contributed by atoms with E-state index in [1.807, 2.05) is 0 Å². The molecular formula is C20H16ClNO5. The molecular weight excluding hydrogens is 370 g/mol. The highest BCUT2D eigenvalue weighted by Gasteiger charge is 2.12. The number of methoxy groups -OCH3 is 1. The summed E-state index contributed by atoms with van der Waals surface area (Å²) in [5.41, 5.74) is 1.55. The minimum absolute atomic E-state index is 0.0273. The highest BCUT2D eigenvalue weighted by atomic mass is 35.5. The molecule has 0 fully saturated rings. The molecule has 2 aromatic carbocycles. The van der Waals surface area contributed by atoms with E-state index in [0.29, 0.717) is 27.6 Å². The van der Waals surface area contributed by atoms with Crippen molar-refractivity contribution in [3.05, 3.63) is 82.8 Å². The summed E-state index contributed by atoms with van der Waals surface area (Å²) in [6.07, 6.45) is 1.42. The zero-order chi connectivity index (χ0) is 19.2. The molecule has 0 saturated heterocycles. The van der Waals surface area contributed by atoms with Crippen molar-refractivity contribution in [2.45, 2.75) is 6.61 Å². The van der Waals surface area contributed by atoms with Crippen LogP contribution in [0.1, 0.15) is 26.5 Å². The summed E-state index contributed by atoms with van der Waals surface area (Å²) >= 11 is 5.96. The molecule has 1 amide bonds. The van der Waals surface area contributed by atoms with E-state index in [4.69, 9.17) is 25.5 Å². The van der Waals surface area contributed by atoms with E-state index >= 15 is 0 Å². The predicted octanol–water partition coefficient (Wildman–Crippen LogP) is 4.55. The van der Waals surface area contributed by atoms with Crippen molar-refractivity contribution in [1.29, 1.82) is 0 Å². The van der Waals surface area contributed by atoms with Crippen molar-refractivity contribution in [3.8, 4) is 5.75 Å². The van der Waals surface area contributed by atoms with Crippen LogP contribution in [0.4, 0.5) is 5.69 Å². The van der Waals surface area contributed by atoms with Crippen LogP contribution in [-0.4, -0.2) is 19.0 Å². The van der Waals surface area contributed by atoms with Crippen LogP contribution in [0.15, 0.2) is 65.3 Å². The summed E-state index contributed by atoms with van der Waals surface area (Å²) in [7, 11) is 1.53. The van der Waals surface area contributed by atoms with Crippen molar-refractivity contribution < 1.29 is 23.5 Å². The number of furan rings is 1. The lowest BCUT2D eigenvalue weighted by Gasteiger charge is -2.10. The standard InChI is InChI=1S/C20H16ClNO5/c1-25-17-9-6-15(21)11-14(17)12-27-20(24)13-4-7-16(8-5-13)22-19(23)18-3-2-10-26-18/h2-11H,12H2,1H3,(H,22,23). The van der Waals surface area contributed by atoms with Crippen LogP contribution < -0.4 is 10.1 Å². The van der Waals surface area contributed by atoms with Gasteiger partial charge in [-0.1, -0.05) is 11.6 Å². The Hall–Kier alpha value is -3.25. The number of halogens is 1. The van der Waals surface area contributed by atoms with Gasteiger partial charge in [0.25, 0.3) is 5.91 Å². The van der Waals surface area contributed by atoms with Crippen LogP contribution in [0.3, 0.4) is 0 Å². The molecule has 0 aliphatic rings. The van der Waals surface area contributed by atoms with E-state index < -0.39 is 5.97 Å². The predicted molar refractivity (Wildman–Crippen MR) is 100 cm³/mol. The number of carbonyl (C=O) groups excluding carboxylic acids is 2. The third-order valence-corrected chi connectivity index (χ3v) is 3.96. The second-order valence-electron chi connectivity index (χ2n) is 5.54. The van der Waals surface area contributed by atoms with Crippen LogP contribution in [0, 0.1) is 0 Å². The fourth-order valence-electron chi connectivity index (χ4n) is 2.38. The highest BCUT2D eigenvalue weighted by molar-refractivity contribution is 6.30. The monoisotopic (exact) mass is 385 g/mol. The van der Waals surface area contributed by atoms with E-state index in [1.54, 1.807) is 54.6 Å². The van der Waals surface area contributed by atoms with Gasteiger partial charge in [0, 0.05) is 16.3 Å². The molecule has 0 saturated carbocycles. The molecule has 0 atom stereocenters. The number of rotatable bonds is 6. The molecule has 138 valence electrons. The molecule has 27 heavy (non-hydrogen) atoms. The molecule has 1 aromatic heterocycles. The molecule has 1 heterocycles. The minimum atomic E-state index is -0.499. The molecule has 7 heteroatoms. The van der Waals surface area contributed by atoms with Crippen molar-refractivity contribution in [2.75, 3.05) is 12.4 Å². The SMILES string of the molecule is COc1ccc(Cl)cc1COC(=O)c1ccc(NC(=O)c2ccco2)cc1. The van der Waals surface area contributed by atoms with Crippen LogP contribution in [-0.2, 0) is 11.3 Å². The largest absolute Gasteiger partial charge is 0.496 e. The van der Waals surface area contributed by atoms with Crippen molar-refractivity contribution >= 4 is 29.2 Å². The van der Waals surface area contributed by atoms with E-state index in [9.17, 15) is 9.59 Å². The number of hydrogen-bond acceptors (Lipinski definition) is 5. The lowest BCUT2D eigenvalue weighted by atomic mass is 10.2. The van der Waals surface area contributed by atoms with E-state index in [1.165, 1.54) is 13.4 Å². The van der Waals surface area contributed by atoms with Gasteiger partial charge in [-0.05, 0) is 54.6 Å². The van der Waals surface area contributed by atoms with Gasteiger partial charge < -0.3 is 19.2 Å². The molecule has 0 unspecified atom stereocenters. The Morgan fingerprint density at radius 1 is 1.11 bits per heavy atom. The number of ether oxygens (including phenoxy) is 2. The summed E-state index contributed by atoms with van der Waals surface area (Å²) in [5.74, 6) is -0.0820. The average Bonchev–Trinajstić information content (AvgIpc) is 3.22. The zero-order valence-electron chi connectivity index (χ0n) is 14.4. The Bertz CT molecular complexity index is 936. The molecule has 1 N–H and O–H groups in total. The van der Waals surface area contributed by atoms with Gasteiger partial charge in [0.1, 0.15) is 12.4 Å². The second kappa shape index (κ2) is 8.42. The van der Waals surface area contributed by atoms with Crippen molar-refractivity contribution in [2.24, 2.45) is 0 Å². The fraction of sp³-hybridized carbons (Fsp3) is 0.100. The number of amides is 1. The molecule has 0 spiro atoms. The highest BCUT2D eigenvalue weighted by Crippen LogP contribution is 2.23. The number of hydrogen-bond donors (Lipinski definition) is 1. The smallest absolute Gasteiger partial charge is 0.338 e. The second-order valence-corrected chi connectivity index (χ2v) is 5.98. The molecule has 0 radical (unpaired) electrons. The first-order valence-corrected chi connectivity index (χ1v) is 8.39. The average molecular weight is 386 g/mol. The first-order valence-electron chi connectivity index (χ1n) is 8.01. The van der Waals surface area contributed by atoms with Crippen LogP contribution in [0.25, 0.3) is 0 Å². The quantitative estimate of drug-likeness (QED) is 0.630. The normalized spacial score (nSPS) is 10.3. The van der Waals surface area contributed by atoms with Gasteiger partial charge in [0.2, 0.25) is 0 Å². The Kier molecular flexibility index (Phi) is 5.78. The Labute approximate surface area is 160 Å². The first kappa shape index (κ1) is 18.5. The number of anilines is 1. The van der Waals surface area contributed by atoms with E-state index in [-0.39, 0.29) is 18.3 Å². The third-order valence-electron chi connectivity index (χ3n) is 3.72. The molecule has 3 aromatic rings. The van der Waals surface area contributed by atoms with Crippen LogP contribution >= 0.6 is 11.6 Å². The summed E-state index contributed by atoms with van der Waals surface area (Å²) < 4.78 is 15.6. The molecule has 0 aliphatic heterocycles. The van der Waals surface area contributed by atoms with Crippen molar-refractivity contribution in [1.82, 2.24) is 0 Å². The molecule has 0 aliphatic carbocycles. The van der Waals surface area contributed by atoms with Crippen LogP contribution in [0.5, 0.6) is 5.75 Å². The van der Waals surface area contributed by atoms with Gasteiger partial charge in [-0.15, -0.1) is 0 Å². The summed E-state index contributed by atoms with van der Waals surface area (Å²) in [6, 6.07) is 14.6. The molecule has 6 nitrogen and oxygen atoms in total. The molecule has 0 bridgehead atoms. The van der Waals surface area contributed by atoms with Gasteiger partial charge >= 0.3 is 5.97 Å². The third kappa shape index (κ3) is 4.68. The zero-order valence-corrected chi connectivity index (χ0v) is 15.2. The number of nitrogens with one attached hydrogen (secondary N) is 1. The van der Waals surface area contributed by atoms with E-state index in [2.05, 4.69) is 5.32 Å². The van der Waals surface area contributed by atoms with Gasteiger partial charge in [-0.3, -0.25) is 4.79 Å². The van der Waals surface area contributed by atoms with Gasteiger partial charge in [-0.25, -0.2) is 4.79 Å². The summed E-state index contributed by atoms with van der Waals surface area (Å²) in [6.45, 7) is 0.0273. The minimum Gasteiger partial charge on any atom is -0.496 e. The Morgan fingerprint density at radius 2 is 1.89 bits per heavy atom. The summed E-state index contributed by atoms with van der Waals surface area (Å²) in [5, 5.41) is 3.20. The topological polar surface area (TPSA) is 77.8 Å². The van der Waals surface area contributed by atoms with E-state index in [0.717, 1.165) is 0 Å². The Balaban J connectivity index is 1.61. The Morgan fingerprint density at radius 3 is 2.56 bits per heavy atom. The maximum Gasteiger partial charge on any atom is 0.338 e. The number of esters is 1. The fourth-order valence-corrected chi connectivity index (χ4v) is 2.57. The maximum atomic E-state index is 12.2. The maximum absolute atomic E-state index is 12.2. The number of carbonyl (C=O) groups is 2. The van der Waals surface area contributed by atoms with Gasteiger partial charge in [0.15, 0.2) is 5.76 Å². The van der Waals surface area contributed by atoms with Crippen LogP contribution in [0.2, 0.25) is 5.02 Å². The lowest BCUT2D eigenvalue weighted by molar-refractivity contribution is 0.0470. The molecule has 3 rings (SSSR count). The van der Waals surface area contributed by atoms with Gasteiger partial charge in [-0.2, -0.15) is 0 Å². The first-order chi connectivity index (χ1) is 13.1. The van der Waals surface area contributed by atoms with Crippen molar-refractivity contribution in [3.63, 3.8) is 0 Å². The van der Waals surface area contributed by atoms with Gasteiger partial charge in [0.05, 0.1) is 18.9 Å².